The van der Waals surface area contributed by atoms with Crippen LogP contribution in [0.5, 0.6) is 0 Å². The molecule has 0 spiro atoms. The topological polar surface area (TPSA) is 36.9 Å². The third kappa shape index (κ3) is 5.91. The maximum absolute atomic E-state index is 6.44. The number of ether oxygens (including phenoxy) is 4. The van der Waals surface area contributed by atoms with Crippen molar-refractivity contribution in [2.24, 2.45) is 0 Å². The first-order valence-corrected chi connectivity index (χ1v) is 17.5. The van der Waals surface area contributed by atoms with Crippen LogP contribution in [0.1, 0.15) is 82.1 Å². The summed E-state index contributed by atoms with van der Waals surface area (Å²) in [5.41, 5.74) is 1.09. The normalized spacial score (nSPS) is 13.5. The van der Waals surface area contributed by atoms with Gasteiger partial charge >= 0.3 is 0 Å². The van der Waals surface area contributed by atoms with Crippen LogP contribution in [-0.4, -0.2) is 53.4 Å². The zero-order valence-corrected chi connectivity index (χ0v) is 22.6. The SMILES string of the molecule is CCC[Si](CCC)(C(OCC)OCC)[Si](C(C)C)(C(C)C)C(OCC)OCC. The molecular formula is C22H50O4Si2. The number of rotatable bonds is 17. The van der Waals surface area contributed by atoms with Gasteiger partial charge in [-0.3, -0.25) is 0 Å². The van der Waals surface area contributed by atoms with Crippen LogP contribution in [0.2, 0.25) is 23.2 Å². The summed E-state index contributed by atoms with van der Waals surface area (Å²) < 4.78 is 25.7. The molecule has 0 aromatic heterocycles. The minimum absolute atomic E-state index is 0.0673. The highest BCUT2D eigenvalue weighted by Gasteiger charge is 2.66. The molecule has 0 unspecified atom stereocenters. The third-order valence-electron chi connectivity index (χ3n) is 6.28. The van der Waals surface area contributed by atoms with Crippen LogP contribution in [-0.2, 0) is 18.9 Å². The summed E-state index contributed by atoms with van der Waals surface area (Å²) in [7, 11) is -4.20. The highest BCUT2D eigenvalue weighted by atomic mass is 29.3. The highest BCUT2D eigenvalue weighted by Crippen LogP contribution is 2.50. The molecule has 0 saturated carbocycles. The summed E-state index contributed by atoms with van der Waals surface area (Å²) in [6.45, 7) is 25.5. The molecule has 4 nitrogen and oxygen atoms in total. The Hall–Kier alpha value is 0.274. The van der Waals surface area contributed by atoms with Crippen molar-refractivity contribution < 1.29 is 18.9 Å². The predicted octanol–water partition coefficient (Wildman–Crippen LogP) is 6.48. The van der Waals surface area contributed by atoms with Crippen molar-refractivity contribution in [2.45, 2.75) is 117 Å². The minimum atomic E-state index is -2.14. The molecule has 170 valence electrons. The van der Waals surface area contributed by atoms with E-state index in [2.05, 4.69) is 69.2 Å². The van der Waals surface area contributed by atoms with E-state index in [0.29, 0.717) is 37.5 Å². The molecule has 0 atom stereocenters. The molecular weight excluding hydrogens is 384 g/mol. The smallest absolute Gasteiger partial charge is 0.140 e. The van der Waals surface area contributed by atoms with Crippen LogP contribution < -0.4 is 0 Å². The Balaban J connectivity index is 6.95. The Bertz CT molecular complexity index is 365. The van der Waals surface area contributed by atoms with Crippen molar-refractivity contribution in [3.8, 4) is 0 Å². The maximum atomic E-state index is 6.44. The minimum Gasteiger partial charge on any atom is -0.357 e. The zero-order chi connectivity index (χ0) is 21.8. The van der Waals surface area contributed by atoms with Crippen LogP contribution >= 0.6 is 0 Å². The predicted molar refractivity (Wildman–Crippen MR) is 126 cm³/mol. The van der Waals surface area contributed by atoms with E-state index in [-0.39, 0.29) is 11.8 Å². The standard InChI is InChI=1S/C22H50O4Si2/c1-11-17-27(18-12-2,21(23-13-3)24-14-4)28(19(7)8,20(9)10)22(25-15-5)26-16-6/h19-22H,11-18H2,1-10H3. The molecule has 0 aliphatic rings. The van der Waals surface area contributed by atoms with E-state index in [0.717, 1.165) is 0 Å². The van der Waals surface area contributed by atoms with Crippen molar-refractivity contribution in [1.82, 2.24) is 0 Å². The second-order valence-electron chi connectivity index (χ2n) is 8.38. The summed E-state index contributed by atoms with van der Waals surface area (Å²) in [6, 6.07) is 2.45. The molecule has 6 heteroatoms. The van der Waals surface area contributed by atoms with Gasteiger partial charge in [-0.25, -0.2) is 0 Å². The van der Waals surface area contributed by atoms with E-state index in [4.69, 9.17) is 18.9 Å². The lowest BCUT2D eigenvalue weighted by Crippen LogP contribution is -2.78. The van der Waals surface area contributed by atoms with E-state index in [9.17, 15) is 0 Å². The first kappa shape index (κ1) is 28.3. The molecule has 0 saturated heterocycles. The fourth-order valence-corrected chi connectivity index (χ4v) is 31.2. The Kier molecular flexibility index (Phi) is 14.4. The Morgan fingerprint density at radius 2 is 0.857 bits per heavy atom. The fourth-order valence-electron chi connectivity index (χ4n) is 5.78. The van der Waals surface area contributed by atoms with Gasteiger partial charge in [0.1, 0.15) is 27.0 Å². The first-order valence-electron chi connectivity index (χ1n) is 11.8. The van der Waals surface area contributed by atoms with Crippen LogP contribution in [0.25, 0.3) is 0 Å². The van der Waals surface area contributed by atoms with Gasteiger partial charge in [0.25, 0.3) is 0 Å². The molecule has 0 heterocycles. The quantitative estimate of drug-likeness (QED) is 0.194. The molecule has 0 aromatic rings. The van der Waals surface area contributed by atoms with Crippen molar-refractivity contribution in [1.29, 1.82) is 0 Å². The fraction of sp³-hybridized carbons (Fsp3) is 1.00. The van der Waals surface area contributed by atoms with Crippen LogP contribution in [0.15, 0.2) is 0 Å². The van der Waals surface area contributed by atoms with Crippen LogP contribution in [0.4, 0.5) is 0 Å². The summed E-state index contributed by atoms with van der Waals surface area (Å²) >= 11 is 0. The van der Waals surface area contributed by atoms with Gasteiger partial charge in [-0.2, -0.15) is 0 Å². The van der Waals surface area contributed by atoms with Crippen LogP contribution in [0, 0.1) is 0 Å². The Morgan fingerprint density at radius 3 is 1.11 bits per heavy atom. The molecule has 0 bridgehead atoms. The van der Waals surface area contributed by atoms with Gasteiger partial charge in [-0.1, -0.05) is 66.5 Å². The first-order chi connectivity index (χ1) is 13.3. The van der Waals surface area contributed by atoms with Gasteiger partial charge in [0.2, 0.25) is 0 Å². The maximum Gasteiger partial charge on any atom is 0.140 e. The van der Waals surface area contributed by atoms with E-state index in [1.54, 1.807) is 0 Å². The molecule has 0 aliphatic heterocycles. The molecule has 0 amide bonds. The van der Waals surface area contributed by atoms with Gasteiger partial charge in [0.15, 0.2) is 0 Å². The van der Waals surface area contributed by atoms with Crippen molar-refractivity contribution >= 4 is 15.2 Å². The summed E-state index contributed by atoms with van der Waals surface area (Å²) in [4.78, 5) is 0. The summed E-state index contributed by atoms with van der Waals surface area (Å²) in [5, 5.41) is 0. The van der Waals surface area contributed by atoms with Gasteiger partial charge < -0.3 is 18.9 Å². The average Bonchev–Trinajstić information content (AvgIpc) is 2.62. The van der Waals surface area contributed by atoms with Gasteiger partial charge in [0, 0.05) is 26.4 Å². The summed E-state index contributed by atoms with van der Waals surface area (Å²) in [5.74, 6) is -0.155. The molecule has 0 radical (unpaired) electrons. The molecule has 0 aromatic carbocycles. The molecule has 0 fully saturated rings. The van der Waals surface area contributed by atoms with Crippen molar-refractivity contribution in [3.63, 3.8) is 0 Å². The second kappa shape index (κ2) is 14.3. The van der Waals surface area contributed by atoms with Gasteiger partial charge in [-0.15, -0.1) is 0 Å². The average molecular weight is 435 g/mol. The Labute approximate surface area is 177 Å². The largest absolute Gasteiger partial charge is 0.357 e. The molecule has 0 N–H and O–H groups in total. The highest BCUT2D eigenvalue weighted by molar-refractivity contribution is 7.44. The summed E-state index contributed by atoms with van der Waals surface area (Å²) in [6.07, 6.45) is 2.34. The van der Waals surface area contributed by atoms with Crippen molar-refractivity contribution in [2.75, 3.05) is 26.4 Å². The lowest BCUT2D eigenvalue weighted by Gasteiger charge is -2.57. The van der Waals surface area contributed by atoms with E-state index >= 15 is 0 Å². The molecule has 28 heavy (non-hydrogen) atoms. The van der Waals surface area contributed by atoms with E-state index < -0.39 is 15.2 Å². The lowest BCUT2D eigenvalue weighted by atomic mass is 10.5. The van der Waals surface area contributed by atoms with E-state index in [1.807, 2.05) is 0 Å². The lowest BCUT2D eigenvalue weighted by molar-refractivity contribution is -0.0968. The van der Waals surface area contributed by atoms with Crippen LogP contribution in [0.3, 0.4) is 0 Å². The Morgan fingerprint density at radius 1 is 0.536 bits per heavy atom. The zero-order valence-electron chi connectivity index (χ0n) is 20.6. The second-order valence-corrected chi connectivity index (χ2v) is 22.4. The van der Waals surface area contributed by atoms with Crippen molar-refractivity contribution in [3.05, 3.63) is 0 Å². The monoisotopic (exact) mass is 434 g/mol. The van der Waals surface area contributed by atoms with Gasteiger partial charge in [0.05, 0.1) is 0 Å². The number of hydrogen-bond acceptors (Lipinski definition) is 4. The van der Waals surface area contributed by atoms with E-state index in [1.165, 1.54) is 24.9 Å². The molecule has 0 aliphatic carbocycles. The third-order valence-corrected chi connectivity index (χ3v) is 28.5. The number of hydrogen-bond donors (Lipinski definition) is 0. The van der Waals surface area contributed by atoms with Gasteiger partial charge in [-0.05, 0) is 38.8 Å². The molecule has 0 rings (SSSR count).